The molecule has 0 fully saturated rings. The molecule has 0 aliphatic heterocycles. The highest BCUT2D eigenvalue weighted by Crippen LogP contribution is 2.38. The highest BCUT2D eigenvalue weighted by atomic mass is 19.4. The molecule has 0 spiro atoms. The molecule has 1 aromatic rings. The number of nitro groups is 1. The molecule has 0 bridgehead atoms. The lowest BCUT2D eigenvalue weighted by Gasteiger charge is -2.17. The highest BCUT2D eigenvalue weighted by molar-refractivity contribution is 5.92. The largest absolute Gasteiger partial charge is 0.474 e. The van der Waals surface area contributed by atoms with Gasteiger partial charge in [-0.1, -0.05) is 6.08 Å². The molecule has 0 aliphatic carbocycles. The zero-order chi connectivity index (χ0) is 17.8. The van der Waals surface area contributed by atoms with Crippen LogP contribution in [0.15, 0.2) is 18.7 Å². The van der Waals surface area contributed by atoms with Crippen molar-refractivity contribution in [2.75, 3.05) is 7.11 Å². The molecule has 1 heterocycles. The molecule has 0 radical (unpaired) electrons. The van der Waals surface area contributed by atoms with Gasteiger partial charge in [-0.2, -0.15) is 18.2 Å². The van der Waals surface area contributed by atoms with Crippen LogP contribution in [0, 0.1) is 10.1 Å². The summed E-state index contributed by atoms with van der Waals surface area (Å²) in [5.41, 5.74) is -3.44. The van der Waals surface area contributed by atoms with Crippen LogP contribution in [0.25, 0.3) is 0 Å². The summed E-state index contributed by atoms with van der Waals surface area (Å²) < 4.78 is 48.5. The Morgan fingerprint density at radius 1 is 1.57 bits per heavy atom. The van der Waals surface area contributed by atoms with Crippen molar-refractivity contribution in [3.05, 3.63) is 40.1 Å². The number of carbonyl (C=O) groups is 1. The third kappa shape index (κ3) is 4.41. The van der Waals surface area contributed by atoms with Crippen LogP contribution < -0.4 is 4.74 Å². The second-order valence-corrected chi connectivity index (χ2v) is 4.41. The Morgan fingerprint density at radius 2 is 2.17 bits per heavy atom. The second kappa shape index (κ2) is 7.07. The van der Waals surface area contributed by atoms with E-state index in [4.69, 9.17) is 4.74 Å². The number of rotatable bonds is 6. The van der Waals surface area contributed by atoms with Crippen molar-refractivity contribution < 1.29 is 32.4 Å². The van der Waals surface area contributed by atoms with Crippen molar-refractivity contribution in [2.45, 2.75) is 25.6 Å². The van der Waals surface area contributed by atoms with Gasteiger partial charge in [0.15, 0.2) is 0 Å². The number of aromatic nitrogens is 1. The van der Waals surface area contributed by atoms with Gasteiger partial charge in [0.05, 0.1) is 12.0 Å². The van der Waals surface area contributed by atoms with Gasteiger partial charge in [0.1, 0.15) is 11.7 Å². The average molecular weight is 334 g/mol. The van der Waals surface area contributed by atoms with Crippen LogP contribution in [0.3, 0.4) is 0 Å². The van der Waals surface area contributed by atoms with E-state index in [1.165, 1.54) is 13.0 Å². The van der Waals surface area contributed by atoms with Crippen molar-refractivity contribution in [1.29, 1.82) is 0 Å². The highest BCUT2D eigenvalue weighted by Gasteiger charge is 2.40. The van der Waals surface area contributed by atoms with Crippen molar-refractivity contribution >= 4 is 11.7 Å². The summed E-state index contributed by atoms with van der Waals surface area (Å²) in [5.74, 6) is -2.18. The molecular formula is C13H13F3N2O5. The molecule has 0 saturated heterocycles. The van der Waals surface area contributed by atoms with Gasteiger partial charge in [-0.05, 0) is 6.92 Å². The number of ether oxygens (including phenoxy) is 2. The van der Waals surface area contributed by atoms with Crippen molar-refractivity contribution in [3.63, 3.8) is 0 Å². The number of methoxy groups -OCH3 is 1. The number of hydrogen-bond donors (Lipinski definition) is 0. The van der Waals surface area contributed by atoms with E-state index >= 15 is 0 Å². The van der Waals surface area contributed by atoms with Crippen LogP contribution in [0.4, 0.5) is 18.9 Å². The van der Waals surface area contributed by atoms with Gasteiger partial charge in [0, 0.05) is 12.5 Å². The van der Waals surface area contributed by atoms with E-state index in [2.05, 4.69) is 16.3 Å². The molecule has 0 N–H and O–H groups in total. The van der Waals surface area contributed by atoms with E-state index < -0.39 is 46.0 Å². The first-order chi connectivity index (χ1) is 10.6. The lowest BCUT2D eigenvalue weighted by molar-refractivity contribution is -0.385. The summed E-state index contributed by atoms with van der Waals surface area (Å²) in [5, 5.41) is 10.9. The first-order valence-electron chi connectivity index (χ1n) is 6.24. The predicted molar refractivity (Wildman–Crippen MR) is 72.1 cm³/mol. The SMILES string of the molecule is C=CC[C@@H](C)Oc1nc(C(=O)OC)c([N+](=O)[O-])cc1C(F)(F)F. The molecule has 1 atom stereocenters. The molecule has 0 saturated carbocycles. The minimum Gasteiger partial charge on any atom is -0.474 e. The number of pyridine rings is 1. The number of alkyl halides is 3. The van der Waals surface area contributed by atoms with E-state index in [0.717, 1.165) is 7.11 Å². The third-order valence-corrected chi connectivity index (χ3v) is 2.66. The van der Waals surface area contributed by atoms with Gasteiger partial charge in [0.2, 0.25) is 11.6 Å². The van der Waals surface area contributed by atoms with Gasteiger partial charge in [-0.3, -0.25) is 10.1 Å². The topological polar surface area (TPSA) is 91.6 Å². The van der Waals surface area contributed by atoms with Gasteiger partial charge >= 0.3 is 17.8 Å². The maximum atomic E-state index is 13.1. The molecule has 0 amide bonds. The molecule has 0 aromatic carbocycles. The normalized spacial score (nSPS) is 12.4. The van der Waals surface area contributed by atoms with Crippen LogP contribution in [0.5, 0.6) is 5.88 Å². The van der Waals surface area contributed by atoms with Gasteiger partial charge < -0.3 is 9.47 Å². The van der Waals surface area contributed by atoms with Crippen molar-refractivity contribution in [1.82, 2.24) is 4.98 Å². The Kier molecular flexibility index (Phi) is 5.66. The van der Waals surface area contributed by atoms with Crippen LogP contribution in [0.1, 0.15) is 29.4 Å². The minimum absolute atomic E-state index is 0.204. The summed E-state index contributed by atoms with van der Waals surface area (Å²) in [7, 11) is 0.923. The zero-order valence-electron chi connectivity index (χ0n) is 12.2. The number of hydrogen-bond acceptors (Lipinski definition) is 6. The summed E-state index contributed by atoms with van der Waals surface area (Å²) in [6.07, 6.45) is -4.04. The second-order valence-electron chi connectivity index (χ2n) is 4.41. The Balaban J connectivity index is 3.54. The predicted octanol–water partition coefficient (Wildman–Crippen LogP) is 3.14. The summed E-state index contributed by atoms with van der Waals surface area (Å²) in [6, 6.07) is 0.204. The van der Waals surface area contributed by atoms with Crippen LogP contribution >= 0.6 is 0 Å². The maximum absolute atomic E-state index is 13.1. The van der Waals surface area contributed by atoms with Crippen LogP contribution in [-0.4, -0.2) is 29.1 Å². The maximum Gasteiger partial charge on any atom is 0.421 e. The van der Waals surface area contributed by atoms with Gasteiger partial charge in [0.25, 0.3) is 0 Å². The fourth-order valence-corrected chi connectivity index (χ4v) is 1.64. The summed E-state index contributed by atoms with van der Waals surface area (Å²) >= 11 is 0. The standard InChI is InChI=1S/C13H13F3N2O5/c1-4-5-7(2)23-11-8(13(14,15)16)6-9(18(20)21)10(17-11)12(19)22-3/h4,6-7H,1,5H2,2-3H3/t7-/m1/s1. The van der Waals surface area contributed by atoms with E-state index in [0.29, 0.717) is 0 Å². The van der Waals surface area contributed by atoms with Crippen molar-refractivity contribution in [2.24, 2.45) is 0 Å². The Bertz CT molecular complexity index is 631. The van der Waals surface area contributed by atoms with Crippen molar-refractivity contribution in [3.8, 4) is 5.88 Å². The molecule has 23 heavy (non-hydrogen) atoms. The number of halogens is 3. The number of carbonyl (C=O) groups excluding carboxylic acids is 1. The minimum atomic E-state index is -4.95. The van der Waals surface area contributed by atoms with E-state index in [-0.39, 0.29) is 12.5 Å². The van der Waals surface area contributed by atoms with Crippen LogP contribution in [-0.2, 0) is 10.9 Å². The first kappa shape index (κ1) is 18.4. The fraction of sp³-hybridized carbons (Fsp3) is 0.385. The molecule has 1 rings (SSSR count). The van der Waals surface area contributed by atoms with Gasteiger partial charge in [-0.25, -0.2) is 4.79 Å². The Labute approximate surface area is 128 Å². The van der Waals surface area contributed by atoms with E-state index in [9.17, 15) is 28.1 Å². The Hall–Kier alpha value is -2.65. The molecule has 7 nitrogen and oxygen atoms in total. The molecule has 10 heteroatoms. The monoisotopic (exact) mass is 334 g/mol. The first-order valence-corrected chi connectivity index (χ1v) is 6.24. The quantitative estimate of drug-likeness (QED) is 0.343. The van der Waals surface area contributed by atoms with E-state index in [1.54, 1.807) is 0 Å². The van der Waals surface area contributed by atoms with Crippen LogP contribution in [0.2, 0.25) is 0 Å². The lowest BCUT2D eigenvalue weighted by Crippen LogP contribution is -2.19. The molecule has 126 valence electrons. The molecule has 0 aliphatic rings. The Morgan fingerprint density at radius 3 is 2.61 bits per heavy atom. The number of esters is 1. The lowest BCUT2D eigenvalue weighted by atomic mass is 10.2. The fourth-order valence-electron chi connectivity index (χ4n) is 1.64. The molecule has 0 unspecified atom stereocenters. The molecule has 1 aromatic heterocycles. The number of nitrogens with zero attached hydrogens (tertiary/aromatic N) is 2. The van der Waals surface area contributed by atoms with E-state index in [1.807, 2.05) is 0 Å². The third-order valence-electron chi connectivity index (χ3n) is 2.66. The summed E-state index contributed by atoms with van der Waals surface area (Å²) in [4.78, 5) is 24.6. The molecular weight excluding hydrogens is 321 g/mol. The average Bonchev–Trinajstić information content (AvgIpc) is 2.44. The zero-order valence-corrected chi connectivity index (χ0v) is 12.2. The summed E-state index contributed by atoms with van der Waals surface area (Å²) in [6.45, 7) is 4.88. The smallest absolute Gasteiger partial charge is 0.421 e. The van der Waals surface area contributed by atoms with Gasteiger partial charge in [-0.15, -0.1) is 6.58 Å².